The average molecular weight is 448 g/mol. The molecule has 5 rings (SSSR count). The van der Waals surface area contributed by atoms with Crippen LogP contribution >= 0.6 is 0 Å². The predicted octanol–water partition coefficient (Wildman–Crippen LogP) is 4.19. The van der Waals surface area contributed by atoms with E-state index in [-0.39, 0.29) is 35.2 Å². The molecule has 4 unspecified atom stereocenters. The smallest absolute Gasteiger partial charge is 0.290 e. The van der Waals surface area contributed by atoms with Gasteiger partial charge in [0.05, 0.1) is 24.6 Å². The molecule has 2 aliphatic heterocycles. The summed E-state index contributed by atoms with van der Waals surface area (Å²) in [5.74, 6) is 1.14. The molecule has 6 heteroatoms. The van der Waals surface area contributed by atoms with Crippen LogP contribution in [-0.4, -0.2) is 41.5 Å². The maximum Gasteiger partial charge on any atom is 0.290 e. The number of phenols is 1. The minimum atomic E-state index is -0.552. The van der Waals surface area contributed by atoms with Crippen LogP contribution in [0.3, 0.4) is 0 Å². The fourth-order valence-corrected chi connectivity index (χ4v) is 5.44. The molecule has 2 heterocycles. The molecule has 1 amide bonds. The van der Waals surface area contributed by atoms with Crippen LogP contribution in [0.15, 0.2) is 59.9 Å². The Labute approximate surface area is 193 Å². The lowest BCUT2D eigenvalue weighted by molar-refractivity contribution is -0.136. The number of phenolic OH excluding ortho intramolecular Hbond substituents is 1. The number of ketones is 1. The van der Waals surface area contributed by atoms with Gasteiger partial charge in [0, 0.05) is 6.54 Å². The minimum Gasteiger partial charge on any atom is -0.508 e. The summed E-state index contributed by atoms with van der Waals surface area (Å²) in [5.41, 5.74) is 2.25. The van der Waals surface area contributed by atoms with Gasteiger partial charge in [-0.15, -0.1) is 0 Å². The SMILES string of the molecule is COc1ccc(CCN2C(=O)C3=C(C(=O)C4CC(C)CCC4O3)C2c2cccc(O)c2)cc1. The van der Waals surface area contributed by atoms with Gasteiger partial charge in [0.25, 0.3) is 5.91 Å². The third-order valence-corrected chi connectivity index (χ3v) is 7.19. The number of nitrogens with zero attached hydrogens (tertiary/aromatic N) is 1. The molecule has 2 aromatic carbocycles. The summed E-state index contributed by atoms with van der Waals surface area (Å²) < 4.78 is 11.5. The van der Waals surface area contributed by atoms with Crippen LogP contribution in [0.4, 0.5) is 0 Å². The Hall–Kier alpha value is -3.28. The molecule has 0 aromatic heterocycles. The third kappa shape index (κ3) is 3.88. The van der Waals surface area contributed by atoms with Crippen molar-refractivity contribution in [2.24, 2.45) is 11.8 Å². The van der Waals surface area contributed by atoms with Crippen molar-refractivity contribution in [3.8, 4) is 11.5 Å². The van der Waals surface area contributed by atoms with E-state index in [1.807, 2.05) is 30.3 Å². The van der Waals surface area contributed by atoms with E-state index >= 15 is 0 Å². The van der Waals surface area contributed by atoms with Crippen molar-refractivity contribution in [3.63, 3.8) is 0 Å². The van der Waals surface area contributed by atoms with Crippen molar-refractivity contribution >= 4 is 11.7 Å². The zero-order valence-corrected chi connectivity index (χ0v) is 19.0. The molecular formula is C27H29NO5. The highest BCUT2D eigenvalue weighted by atomic mass is 16.5. The number of methoxy groups -OCH3 is 1. The van der Waals surface area contributed by atoms with E-state index in [9.17, 15) is 14.7 Å². The molecule has 0 saturated heterocycles. The topological polar surface area (TPSA) is 76.1 Å². The lowest BCUT2D eigenvalue weighted by Crippen LogP contribution is -2.41. The zero-order valence-electron chi connectivity index (χ0n) is 19.0. The first-order valence-electron chi connectivity index (χ1n) is 11.6. The molecule has 0 radical (unpaired) electrons. The lowest BCUT2D eigenvalue weighted by atomic mass is 9.74. The standard InChI is InChI=1S/C27H29NO5/c1-16-6-11-22-21(14-16)25(30)23-24(18-4-3-5-19(29)15-18)28(27(31)26(23)33-22)13-12-17-7-9-20(32-2)10-8-17/h3-5,7-10,15-16,21-22,24,29H,6,11-14H2,1-2H3. The largest absolute Gasteiger partial charge is 0.508 e. The maximum absolute atomic E-state index is 13.7. The number of hydrogen-bond donors (Lipinski definition) is 1. The monoisotopic (exact) mass is 447 g/mol. The van der Waals surface area contributed by atoms with Gasteiger partial charge in [-0.05, 0) is 67.0 Å². The predicted molar refractivity (Wildman–Crippen MR) is 123 cm³/mol. The Bertz CT molecular complexity index is 1110. The van der Waals surface area contributed by atoms with E-state index in [0.717, 1.165) is 36.1 Å². The van der Waals surface area contributed by atoms with Gasteiger partial charge in [-0.2, -0.15) is 0 Å². The second kappa shape index (κ2) is 8.58. The summed E-state index contributed by atoms with van der Waals surface area (Å²) in [5, 5.41) is 10.1. The number of hydrogen-bond acceptors (Lipinski definition) is 5. The number of carbonyl (C=O) groups is 2. The minimum absolute atomic E-state index is 0.0291. The fourth-order valence-electron chi connectivity index (χ4n) is 5.44. The molecule has 1 N–H and O–H groups in total. The van der Waals surface area contributed by atoms with E-state index in [4.69, 9.17) is 9.47 Å². The fraction of sp³-hybridized carbons (Fsp3) is 0.407. The van der Waals surface area contributed by atoms with Gasteiger partial charge in [-0.3, -0.25) is 9.59 Å². The molecule has 1 aliphatic carbocycles. The van der Waals surface area contributed by atoms with Crippen LogP contribution in [0.1, 0.15) is 43.4 Å². The van der Waals surface area contributed by atoms with E-state index in [2.05, 4.69) is 6.92 Å². The summed E-state index contributed by atoms with van der Waals surface area (Å²) in [7, 11) is 1.63. The average Bonchev–Trinajstić information content (AvgIpc) is 3.10. The van der Waals surface area contributed by atoms with Crippen LogP contribution < -0.4 is 4.74 Å². The van der Waals surface area contributed by atoms with Crippen LogP contribution in [0.2, 0.25) is 0 Å². The highest BCUT2D eigenvalue weighted by Gasteiger charge is 2.52. The summed E-state index contributed by atoms with van der Waals surface area (Å²) in [6.07, 6.45) is 2.99. The third-order valence-electron chi connectivity index (χ3n) is 7.19. The van der Waals surface area contributed by atoms with Gasteiger partial charge in [-0.25, -0.2) is 0 Å². The summed E-state index contributed by atoms with van der Waals surface area (Å²) in [4.78, 5) is 28.9. The first-order valence-corrected chi connectivity index (χ1v) is 11.6. The van der Waals surface area contributed by atoms with Gasteiger partial charge in [0.1, 0.15) is 17.6 Å². The molecular weight excluding hydrogens is 418 g/mol. The molecule has 3 aliphatic rings. The Balaban J connectivity index is 1.48. The van der Waals surface area contributed by atoms with Gasteiger partial charge in [0.2, 0.25) is 0 Å². The molecule has 6 nitrogen and oxygen atoms in total. The van der Waals surface area contributed by atoms with Crippen molar-refractivity contribution in [2.75, 3.05) is 13.7 Å². The first kappa shape index (κ1) is 21.6. The van der Waals surface area contributed by atoms with Gasteiger partial charge < -0.3 is 19.5 Å². The van der Waals surface area contributed by atoms with Crippen LogP contribution in [0.25, 0.3) is 0 Å². The van der Waals surface area contributed by atoms with Gasteiger partial charge >= 0.3 is 0 Å². The molecule has 1 saturated carbocycles. The van der Waals surface area contributed by atoms with Crippen molar-refractivity contribution in [1.82, 2.24) is 4.90 Å². The number of fused-ring (bicyclic) bond motifs is 1. The Morgan fingerprint density at radius 3 is 2.64 bits per heavy atom. The molecule has 0 spiro atoms. The summed E-state index contributed by atoms with van der Waals surface area (Å²) >= 11 is 0. The first-order chi connectivity index (χ1) is 16.0. The number of aromatic hydroxyl groups is 1. The van der Waals surface area contributed by atoms with Crippen LogP contribution in [0, 0.1) is 11.8 Å². The van der Waals surface area contributed by atoms with Crippen LogP contribution in [0.5, 0.6) is 11.5 Å². The van der Waals surface area contributed by atoms with E-state index in [1.165, 1.54) is 0 Å². The van der Waals surface area contributed by atoms with E-state index < -0.39 is 6.04 Å². The highest BCUT2D eigenvalue weighted by Crippen LogP contribution is 2.47. The van der Waals surface area contributed by atoms with Crippen molar-refractivity contribution in [2.45, 2.75) is 44.8 Å². The zero-order chi connectivity index (χ0) is 23.1. The maximum atomic E-state index is 13.7. The molecule has 4 atom stereocenters. The quantitative estimate of drug-likeness (QED) is 0.744. The summed E-state index contributed by atoms with van der Waals surface area (Å²) in [6, 6.07) is 14.0. The Morgan fingerprint density at radius 1 is 1.12 bits per heavy atom. The van der Waals surface area contributed by atoms with E-state index in [1.54, 1.807) is 30.2 Å². The van der Waals surface area contributed by atoms with Gasteiger partial charge in [0.15, 0.2) is 11.5 Å². The number of benzene rings is 2. The lowest BCUT2D eigenvalue weighted by Gasteiger charge is -2.37. The van der Waals surface area contributed by atoms with Crippen molar-refractivity contribution in [1.29, 1.82) is 0 Å². The number of Topliss-reactive ketones (excluding diaryl/α,β-unsaturated/α-hetero) is 1. The van der Waals surface area contributed by atoms with Gasteiger partial charge in [-0.1, -0.05) is 31.2 Å². The molecule has 172 valence electrons. The molecule has 2 aromatic rings. The van der Waals surface area contributed by atoms with Crippen molar-refractivity contribution in [3.05, 3.63) is 71.0 Å². The highest BCUT2D eigenvalue weighted by molar-refractivity contribution is 6.11. The number of ether oxygens (including phenoxy) is 2. The van der Waals surface area contributed by atoms with Crippen molar-refractivity contribution < 1.29 is 24.2 Å². The normalized spacial score (nSPS) is 26.7. The van der Waals surface area contributed by atoms with Crippen LogP contribution in [-0.2, 0) is 20.7 Å². The Kier molecular flexibility index (Phi) is 5.60. The Morgan fingerprint density at radius 2 is 1.91 bits per heavy atom. The van der Waals surface area contributed by atoms with E-state index in [0.29, 0.717) is 24.5 Å². The number of rotatable bonds is 5. The second-order valence-corrected chi connectivity index (χ2v) is 9.38. The second-order valence-electron chi connectivity index (χ2n) is 9.38. The number of carbonyl (C=O) groups excluding carboxylic acids is 2. The molecule has 1 fully saturated rings. The number of amides is 1. The summed E-state index contributed by atoms with van der Waals surface area (Å²) in [6.45, 7) is 2.60. The molecule has 0 bridgehead atoms. The molecule has 33 heavy (non-hydrogen) atoms.